The number of nitrogens with one attached hydrogen (secondary N) is 1. The van der Waals surface area contributed by atoms with Gasteiger partial charge in [-0.2, -0.15) is 0 Å². The van der Waals surface area contributed by atoms with Gasteiger partial charge in [0.2, 0.25) is 0 Å². The number of nitrogens with zero attached hydrogens (tertiary/aromatic N) is 1. The highest BCUT2D eigenvalue weighted by atomic mass is 16.5. The Balaban J connectivity index is 2.16. The van der Waals surface area contributed by atoms with Crippen LogP contribution < -0.4 is 10.1 Å². The van der Waals surface area contributed by atoms with Crippen LogP contribution in [0.2, 0.25) is 0 Å². The molecule has 94 valence electrons. The van der Waals surface area contributed by atoms with Crippen molar-refractivity contribution in [3.05, 3.63) is 41.3 Å². The SMILES string of the molecule is COc1ccc(NC(=O)c2c(C)noc2C)cc1. The zero-order chi connectivity index (χ0) is 13.1. The molecule has 0 aliphatic rings. The number of aromatic nitrogens is 1. The minimum Gasteiger partial charge on any atom is -0.497 e. The zero-order valence-corrected chi connectivity index (χ0v) is 10.5. The Bertz CT molecular complexity index is 539. The van der Waals surface area contributed by atoms with Crippen molar-refractivity contribution in [2.75, 3.05) is 12.4 Å². The summed E-state index contributed by atoms with van der Waals surface area (Å²) in [7, 11) is 1.59. The summed E-state index contributed by atoms with van der Waals surface area (Å²) >= 11 is 0. The maximum absolute atomic E-state index is 12.0. The van der Waals surface area contributed by atoms with Crippen LogP contribution in [0.1, 0.15) is 21.8 Å². The number of aryl methyl sites for hydroxylation is 2. The third kappa shape index (κ3) is 2.34. The summed E-state index contributed by atoms with van der Waals surface area (Å²) in [5, 5.41) is 6.53. The van der Waals surface area contributed by atoms with Crippen molar-refractivity contribution < 1.29 is 14.1 Å². The van der Waals surface area contributed by atoms with E-state index in [4.69, 9.17) is 9.26 Å². The molecule has 1 N–H and O–H groups in total. The molecule has 18 heavy (non-hydrogen) atoms. The quantitative estimate of drug-likeness (QED) is 0.903. The van der Waals surface area contributed by atoms with Crippen LogP contribution in [-0.4, -0.2) is 18.2 Å². The lowest BCUT2D eigenvalue weighted by Crippen LogP contribution is -2.13. The second-order valence-corrected chi connectivity index (χ2v) is 3.88. The Morgan fingerprint density at radius 1 is 1.28 bits per heavy atom. The van der Waals surface area contributed by atoms with Gasteiger partial charge in [-0.15, -0.1) is 0 Å². The Morgan fingerprint density at radius 2 is 1.94 bits per heavy atom. The molecule has 0 spiro atoms. The topological polar surface area (TPSA) is 64.4 Å². The normalized spacial score (nSPS) is 10.2. The molecule has 2 rings (SSSR count). The first-order valence-electron chi connectivity index (χ1n) is 5.50. The molecule has 1 heterocycles. The van der Waals surface area contributed by atoms with Gasteiger partial charge in [-0.3, -0.25) is 4.79 Å². The van der Waals surface area contributed by atoms with Crippen molar-refractivity contribution in [1.82, 2.24) is 5.16 Å². The van der Waals surface area contributed by atoms with E-state index in [1.165, 1.54) is 0 Å². The second-order valence-electron chi connectivity index (χ2n) is 3.88. The molecule has 0 saturated carbocycles. The van der Waals surface area contributed by atoms with Crippen LogP contribution in [0.25, 0.3) is 0 Å². The van der Waals surface area contributed by atoms with Gasteiger partial charge < -0.3 is 14.6 Å². The van der Waals surface area contributed by atoms with E-state index in [1.807, 2.05) is 0 Å². The molecule has 1 aromatic heterocycles. The summed E-state index contributed by atoms with van der Waals surface area (Å²) < 4.78 is 10.0. The number of carbonyl (C=O) groups excluding carboxylic acids is 1. The highest BCUT2D eigenvalue weighted by molar-refractivity contribution is 6.05. The number of hydrogen-bond donors (Lipinski definition) is 1. The van der Waals surface area contributed by atoms with Gasteiger partial charge in [0.15, 0.2) is 0 Å². The average Bonchev–Trinajstić information content (AvgIpc) is 2.70. The molecule has 0 radical (unpaired) electrons. The number of ether oxygens (including phenoxy) is 1. The van der Waals surface area contributed by atoms with Gasteiger partial charge >= 0.3 is 0 Å². The number of benzene rings is 1. The Hall–Kier alpha value is -2.30. The lowest BCUT2D eigenvalue weighted by Gasteiger charge is -2.05. The number of anilines is 1. The molecule has 1 aromatic carbocycles. The smallest absolute Gasteiger partial charge is 0.261 e. The van der Waals surface area contributed by atoms with Gasteiger partial charge in [0, 0.05) is 5.69 Å². The van der Waals surface area contributed by atoms with Crippen molar-refractivity contribution in [3.63, 3.8) is 0 Å². The fraction of sp³-hybridized carbons (Fsp3) is 0.231. The predicted octanol–water partition coefficient (Wildman–Crippen LogP) is 2.55. The Labute approximate surface area is 105 Å². The lowest BCUT2D eigenvalue weighted by atomic mass is 10.2. The first-order valence-corrected chi connectivity index (χ1v) is 5.50. The van der Waals surface area contributed by atoms with Crippen LogP contribution in [0.4, 0.5) is 5.69 Å². The van der Waals surface area contributed by atoms with Crippen molar-refractivity contribution in [2.24, 2.45) is 0 Å². The van der Waals surface area contributed by atoms with Crippen molar-refractivity contribution in [2.45, 2.75) is 13.8 Å². The fourth-order valence-corrected chi connectivity index (χ4v) is 1.68. The third-order valence-electron chi connectivity index (χ3n) is 2.61. The molecule has 0 bridgehead atoms. The summed E-state index contributed by atoms with van der Waals surface area (Å²) in [6, 6.07) is 7.11. The molecule has 2 aromatic rings. The number of amides is 1. The van der Waals surface area contributed by atoms with Crippen molar-refractivity contribution in [3.8, 4) is 5.75 Å². The van der Waals surface area contributed by atoms with Gasteiger partial charge in [-0.05, 0) is 38.1 Å². The minimum atomic E-state index is -0.226. The van der Waals surface area contributed by atoms with E-state index in [1.54, 1.807) is 45.2 Å². The fourth-order valence-electron chi connectivity index (χ4n) is 1.68. The number of carbonyl (C=O) groups is 1. The third-order valence-corrected chi connectivity index (χ3v) is 2.61. The average molecular weight is 246 g/mol. The van der Waals surface area contributed by atoms with Gasteiger partial charge in [0.05, 0.1) is 12.8 Å². The van der Waals surface area contributed by atoms with E-state index in [-0.39, 0.29) is 5.91 Å². The van der Waals surface area contributed by atoms with Crippen LogP contribution in [0.3, 0.4) is 0 Å². The number of methoxy groups -OCH3 is 1. The molecule has 0 fully saturated rings. The van der Waals surface area contributed by atoms with Crippen LogP contribution in [0, 0.1) is 13.8 Å². The molecule has 0 aliphatic carbocycles. The van der Waals surface area contributed by atoms with E-state index in [0.717, 1.165) is 5.75 Å². The molecule has 1 amide bonds. The van der Waals surface area contributed by atoms with Crippen LogP contribution in [0.5, 0.6) is 5.75 Å². The van der Waals surface area contributed by atoms with Crippen molar-refractivity contribution >= 4 is 11.6 Å². The molecular formula is C13H14N2O3. The van der Waals surface area contributed by atoms with Crippen molar-refractivity contribution in [1.29, 1.82) is 0 Å². The first kappa shape index (κ1) is 12.2. The van der Waals surface area contributed by atoms with Gasteiger partial charge in [-0.25, -0.2) is 0 Å². The summed E-state index contributed by atoms with van der Waals surface area (Å²) in [6.07, 6.45) is 0. The summed E-state index contributed by atoms with van der Waals surface area (Å²) in [5.41, 5.74) is 1.75. The maximum Gasteiger partial charge on any atom is 0.261 e. The maximum atomic E-state index is 12.0. The molecule has 0 atom stereocenters. The summed E-state index contributed by atoms with van der Waals surface area (Å²) in [5.74, 6) is 1.03. The highest BCUT2D eigenvalue weighted by Gasteiger charge is 2.17. The lowest BCUT2D eigenvalue weighted by molar-refractivity contribution is 0.102. The van der Waals surface area contributed by atoms with Gasteiger partial charge in [-0.1, -0.05) is 5.16 Å². The van der Waals surface area contributed by atoms with E-state index >= 15 is 0 Å². The number of hydrogen-bond acceptors (Lipinski definition) is 4. The van der Waals surface area contributed by atoms with Gasteiger partial charge in [0.1, 0.15) is 17.1 Å². The minimum absolute atomic E-state index is 0.226. The monoisotopic (exact) mass is 246 g/mol. The standard InChI is InChI=1S/C13H14N2O3/c1-8-12(9(2)18-15-8)13(16)14-10-4-6-11(17-3)7-5-10/h4-7H,1-3H3,(H,14,16). The largest absolute Gasteiger partial charge is 0.497 e. The van der Waals surface area contributed by atoms with Gasteiger partial charge in [0.25, 0.3) is 5.91 Å². The van der Waals surface area contributed by atoms with Crippen LogP contribution in [-0.2, 0) is 0 Å². The molecule has 0 saturated heterocycles. The van der Waals surface area contributed by atoms with E-state index in [0.29, 0.717) is 22.7 Å². The first-order chi connectivity index (χ1) is 8.61. The van der Waals surface area contributed by atoms with Crippen LogP contribution in [0.15, 0.2) is 28.8 Å². The van der Waals surface area contributed by atoms with E-state index < -0.39 is 0 Å². The summed E-state index contributed by atoms with van der Waals surface area (Å²) in [4.78, 5) is 12.0. The Kier molecular flexibility index (Phi) is 3.32. The molecule has 5 heteroatoms. The number of rotatable bonds is 3. The Morgan fingerprint density at radius 3 is 2.44 bits per heavy atom. The highest BCUT2D eigenvalue weighted by Crippen LogP contribution is 2.18. The second kappa shape index (κ2) is 4.91. The zero-order valence-electron chi connectivity index (χ0n) is 10.5. The predicted molar refractivity (Wildman–Crippen MR) is 66.9 cm³/mol. The van der Waals surface area contributed by atoms with E-state index in [2.05, 4.69) is 10.5 Å². The molecule has 0 aliphatic heterocycles. The van der Waals surface area contributed by atoms with E-state index in [9.17, 15) is 4.79 Å². The molecular weight excluding hydrogens is 232 g/mol. The van der Waals surface area contributed by atoms with Crippen LogP contribution >= 0.6 is 0 Å². The molecule has 0 unspecified atom stereocenters. The molecule has 5 nitrogen and oxygen atoms in total. The summed E-state index contributed by atoms with van der Waals surface area (Å²) in [6.45, 7) is 3.45.